The van der Waals surface area contributed by atoms with Gasteiger partial charge in [-0.25, -0.2) is 13.2 Å². The second kappa shape index (κ2) is 17.0. The first-order valence-electron chi connectivity index (χ1n) is 17.4. The van der Waals surface area contributed by atoms with Crippen LogP contribution >= 0.6 is 0 Å². The van der Waals surface area contributed by atoms with Gasteiger partial charge in [0.2, 0.25) is 0 Å². The summed E-state index contributed by atoms with van der Waals surface area (Å²) in [6.45, 7) is 6.25. The van der Waals surface area contributed by atoms with E-state index < -0.39 is 28.1 Å². The molecule has 5 rings (SSSR count). The fourth-order valence-electron chi connectivity index (χ4n) is 6.16. The van der Waals surface area contributed by atoms with Crippen molar-refractivity contribution in [2.24, 2.45) is 5.92 Å². The molecule has 3 amide bonds. The molecule has 0 aromatic heterocycles. The lowest BCUT2D eigenvalue weighted by molar-refractivity contribution is -0.0115. The molecule has 272 valence electrons. The van der Waals surface area contributed by atoms with Crippen molar-refractivity contribution in [3.05, 3.63) is 96.6 Å². The lowest BCUT2D eigenvalue weighted by Gasteiger charge is -2.35. The number of carbonyl (C=O) groups is 2. The van der Waals surface area contributed by atoms with Crippen molar-refractivity contribution in [2.75, 3.05) is 43.4 Å². The number of carbonyl (C=O) groups excluding carboxylic acids is 2. The molecule has 4 aromatic rings. The number of urea groups is 1. The average Bonchev–Trinajstić information content (AvgIpc) is 3.13. The Morgan fingerprint density at radius 2 is 1.73 bits per heavy atom. The second-order valence-corrected chi connectivity index (χ2v) is 14.9. The third-order valence-corrected chi connectivity index (χ3v) is 10.6. The van der Waals surface area contributed by atoms with Crippen molar-refractivity contribution in [2.45, 2.75) is 63.2 Å². The zero-order valence-corrected chi connectivity index (χ0v) is 30.4. The Balaban J connectivity index is 1.40. The topological polar surface area (TPSA) is 138 Å². The fraction of sp³-hybridized carbons (Fsp3) is 0.385. The lowest BCUT2D eigenvalue weighted by atomic mass is 10.0. The van der Waals surface area contributed by atoms with E-state index >= 15 is 0 Å². The van der Waals surface area contributed by atoms with Crippen molar-refractivity contribution < 1.29 is 32.6 Å². The van der Waals surface area contributed by atoms with Gasteiger partial charge >= 0.3 is 6.03 Å². The van der Waals surface area contributed by atoms with Gasteiger partial charge in [0.15, 0.2) is 0 Å². The van der Waals surface area contributed by atoms with E-state index in [2.05, 4.69) is 10.0 Å². The quantitative estimate of drug-likeness (QED) is 0.187. The van der Waals surface area contributed by atoms with E-state index in [4.69, 9.17) is 9.47 Å². The van der Waals surface area contributed by atoms with Gasteiger partial charge in [0.1, 0.15) is 5.75 Å². The summed E-state index contributed by atoms with van der Waals surface area (Å²) in [5, 5.41) is 15.3. The summed E-state index contributed by atoms with van der Waals surface area (Å²) in [5.74, 6) is -0.362. The third kappa shape index (κ3) is 9.57. The van der Waals surface area contributed by atoms with Crippen LogP contribution < -0.4 is 14.8 Å². The predicted molar refractivity (Wildman–Crippen MR) is 200 cm³/mol. The van der Waals surface area contributed by atoms with Crippen LogP contribution in [0.1, 0.15) is 50.4 Å². The average molecular weight is 717 g/mol. The summed E-state index contributed by atoms with van der Waals surface area (Å²) in [6, 6.07) is 25.4. The van der Waals surface area contributed by atoms with Gasteiger partial charge in [0.25, 0.3) is 15.9 Å². The number of nitrogens with one attached hydrogen (secondary N) is 2. The van der Waals surface area contributed by atoms with Crippen LogP contribution in [0.3, 0.4) is 0 Å². The van der Waals surface area contributed by atoms with Gasteiger partial charge in [0, 0.05) is 43.7 Å². The van der Waals surface area contributed by atoms with Gasteiger partial charge in [-0.2, -0.15) is 0 Å². The molecule has 4 aromatic carbocycles. The molecule has 11 nitrogen and oxygen atoms in total. The number of nitrogens with zero attached hydrogens (tertiary/aromatic N) is 2. The molecule has 0 spiro atoms. The van der Waals surface area contributed by atoms with Gasteiger partial charge in [-0.3, -0.25) is 9.52 Å². The predicted octanol–water partition coefficient (Wildman–Crippen LogP) is 6.60. The number of aliphatic hydroxyl groups excluding tert-OH is 1. The first-order chi connectivity index (χ1) is 24.5. The molecule has 1 heterocycles. The highest BCUT2D eigenvalue weighted by Crippen LogP contribution is 2.30. The van der Waals surface area contributed by atoms with E-state index in [9.17, 15) is 23.1 Å². The first-order valence-corrected chi connectivity index (χ1v) is 18.9. The van der Waals surface area contributed by atoms with E-state index in [-0.39, 0.29) is 53.9 Å². The number of ether oxygens (including phenoxy) is 2. The Morgan fingerprint density at radius 1 is 1.00 bits per heavy atom. The Kier molecular flexibility index (Phi) is 12.6. The minimum Gasteiger partial charge on any atom is -0.490 e. The number of aliphatic hydroxyl groups is 1. The molecule has 0 saturated heterocycles. The monoisotopic (exact) mass is 716 g/mol. The number of amides is 3. The van der Waals surface area contributed by atoms with Gasteiger partial charge in [-0.05, 0) is 74.9 Å². The van der Waals surface area contributed by atoms with Crippen LogP contribution in [0.2, 0.25) is 0 Å². The summed E-state index contributed by atoms with van der Waals surface area (Å²) in [5.41, 5.74) is 1.08. The molecule has 4 atom stereocenters. The van der Waals surface area contributed by atoms with E-state index in [1.165, 1.54) is 18.2 Å². The number of hydrogen-bond donors (Lipinski definition) is 3. The number of rotatable bonds is 8. The molecule has 0 saturated carbocycles. The molecule has 0 bridgehead atoms. The number of fused-ring (bicyclic) bond motifs is 2. The van der Waals surface area contributed by atoms with Crippen molar-refractivity contribution in [3.8, 4) is 5.75 Å². The number of benzene rings is 4. The summed E-state index contributed by atoms with van der Waals surface area (Å²) in [6.07, 6.45) is 1.60. The van der Waals surface area contributed by atoms with Crippen LogP contribution in [0.15, 0.2) is 95.9 Å². The van der Waals surface area contributed by atoms with Crippen molar-refractivity contribution >= 4 is 44.1 Å². The van der Waals surface area contributed by atoms with E-state index in [1.807, 2.05) is 56.3 Å². The van der Waals surface area contributed by atoms with Crippen molar-refractivity contribution in [1.29, 1.82) is 0 Å². The van der Waals surface area contributed by atoms with E-state index in [0.717, 1.165) is 23.6 Å². The highest BCUT2D eigenvalue weighted by atomic mass is 32.2. The maximum atomic E-state index is 14.4. The second-order valence-electron chi connectivity index (χ2n) is 13.3. The molecular formula is C39H48N4O7S. The Bertz CT molecular complexity index is 1900. The van der Waals surface area contributed by atoms with Gasteiger partial charge in [-0.15, -0.1) is 0 Å². The first kappa shape index (κ1) is 37.6. The normalized spacial score (nSPS) is 19.7. The highest BCUT2D eigenvalue weighted by Gasteiger charge is 2.31. The van der Waals surface area contributed by atoms with Crippen LogP contribution in [0.25, 0.3) is 10.8 Å². The summed E-state index contributed by atoms with van der Waals surface area (Å²) in [4.78, 5) is 31.1. The van der Waals surface area contributed by atoms with Gasteiger partial charge < -0.3 is 29.7 Å². The minimum atomic E-state index is -3.93. The Morgan fingerprint density at radius 3 is 2.49 bits per heavy atom. The molecule has 0 fully saturated rings. The van der Waals surface area contributed by atoms with Crippen molar-refractivity contribution in [1.82, 2.24) is 9.80 Å². The summed E-state index contributed by atoms with van der Waals surface area (Å²) < 4.78 is 41.6. The Hall–Kier alpha value is -4.65. The number of sulfonamides is 1. The molecular weight excluding hydrogens is 669 g/mol. The van der Waals surface area contributed by atoms with E-state index in [0.29, 0.717) is 24.5 Å². The molecule has 51 heavy (non-hydrogen) atoms. The number of anilines is 2. The zero-order chi connectivity index (χ0) is 36.5. The summed E-state index contributed by atoms with van der Waals surface area (Å²) in [7, 11) is -2.21. The number of likely N-dealkylation sites (N-methyl/N-ethyl adjacent to an activating group) is 1. The Labute approximate surface area is 300 Å². The molecule has 3 N–H and O–H groups in total. The van der Waals surface area contributed by atoms with Crippen LogP contribution in [-0.4, -0.2) is 86.9 Å². The van der Waals surface area contributed by atoms with Crippen LogP contribution in [0.4, 0.5) is 16.2 Å². The highest BCUT2D eigenvalue weighted by molar-refractivity contribution is 7.92. The molecule has 0 unspecified atom stereocenters. The van der Waals surface area contributed by atoms with Gasteiger partial charge in [0.05, 0.1) is 41.0 Å². The standard InChI is InChI=1S/C39H48N4O7S/c1-27-24-43(28(2)26-44)38(45)34-23-31(41-51(47,48)32-16-6-5-7-17-32)20-21-36(34)50-29(3)13-10-11-22-49-37(27)25-42(4)39(46)40-35-19-12-15-30-14-8-9-18-33(30)35/h5-9,12,14-21,23,27-29,37,41,44H,10-11,13,22,24-26H2,1-4H3,(H,40,46)/t27-,28+,29+,37+/m1/s1. The van der Waals surface area contributed by atoms with Crippen molar-refractivity contribution in [3.63, 3.8) is 0 Å². The largest absolute Gasteiger partial charge is 0.490 e. The third-order valence-electron chi connectivity index (χ3n) is 9.19. The molecule has 12 heteroatoms. The molecule has 0 radical (unpaired) electrons. The van der Waals surface area contributed by atoms with E-state index in [1.54, 1.807) is 54.1 Å². The smallest absolute Gasteiger partial charge is 0.321 e. The maximum absolute atomic E-state index is 14.4. The fourth-order valence-corrected chi connectivity index (χ4v) is 7.23. The molecule has 1 aliphatic heterocycles. The van der Waals surface area contributed by atoms with Crippen LogP contribution in [0, 0.1) is 5.92 Å². The molecule has 0 aliphatic carbocycles. The van der Waals surface area contributed by atoms with Gasteiger partial charge in [-0.1, -0.05) is 61.5 Å². The zero-order valence-electron chi connectivity index (χ0n) is 29.6. The number of hydrogen-bond acceptors (Lipinski definition) is 7. The summed E-state index contributed by atoms with van der Waals surface area (Å²) >= 11 is 0. The maximum Gasteiger partial charge on any atom is 0.321 e. The SMILES string of the molecule is C[C@@H]1CN([C@@H](C)CO)C(=O)c2cc(NS(=O)(=O)c3ccccc3)ccc2O[C@@H](C)CCCCO[C@H]1CN(C)C(=O)Nc1cccc2ccccc12. The van der Waals surface area contributed by atoms with Crippen LogP contribution in [0.5, 0.6) is 5.75 Å². The van der Waals surface area contributed by atoms with Crippen LogP contribution in [-0.2, 0) is 14.8 Å². The molecule has 1 aliphatic rings. The minimum absolute atomic E-state index is 0.0902. The lowest BCUT2D eigenvalue weighted by Crippen LogP contribution is -2.48.